The quantitative estimate of drug-likeness (QED) is 0.00541. The average Bonchev–Trinajstić information content (AvgIpc) is 3.21. The third kappa shape index (κ3) is 13.9. The fourth-order valence-electron chi connectivity index (χ4n) is 5.09. The smallest absolute Gasteiger partial charge is 0.296 e. The maximum Gasteiger partial charge on any atom is 0.296 e. The van der Waals surface area contributed by atoms with E-state index in [4.69, 9.17) is 37.8 Å². The second-order valence-corrected chi connectivity index (χ2v) is 19.8. The molecular weight excluding hydrogens is 988 g/mol. The van der Waals surface area contributed by atoms with Gasteiger partial charge >= 0.3 is 0 Å². The average molecular weight is 1020 g/mol. The minimum Gasteiger partial charge on any atom is -0.396 e. The van der Waals surface area contributed by atoms with Crippen molar-refractivity contribution in [3.8, 4) is 0 Å². The normalized spacial score (nSPS) is 12.6. The van der Waals surface area contributed by atoms with Crippen LogP contribution >= 0.6 is 36.0 Å². The molecule has 4 aromatic carbocycles. The fraction of sp³-hybridized carbons (Fsp3) is 0.156. The summed E-state index contributed by atoms with van der Waals surface area (Å²) >= 11 is 6.76. The predicted molar refractivity (Wildman–Crippen MR) is 235 cm³/mol. The van der Waals surface area contributed by atoms with Crippen LogP contribution in [0.4, 0.5) is 63.1 Å². The highest BCUT2D eigenvalue weighted by molar-refractivity contribution is 7.94. The number of azo groups is 2. The molecule has 0 unspecified atom stereocenters. The highest BCUT2D eigenvalue weighted by atomic mass is 35.5. The van der Waals surface area contributed by atoms with E-state index in [0.717, 1.165) is 17.8 Å². The number of aromatic nitrogens is 3. The first kappa shape index (κ1) is 50.7. The lowest BCUT2D eigenvalue weighted by atomic mass is 10.2. The number of anilines is 6. The topological polar surface area (TPSA) is 394 Å². The molecule has 5 rings (SSSR count). The van der Waals surface area contributed by atoms with Crippen molar-refractivity contribution >= 4 is 129 Å². The van der Waals surface area contributed by atoms with Crippen molar-refractivity contribution in [2.75, 3.05) is 55.6 Å². The Kier molecular flexibility index (Phi) is 16.7. The molecule has 348 valence electrons. The maximum absolute atomic E-state index is 12.8. The number of hydrogen-bond donors (Lipinski definition) is 8. The van der Waals surface area contributed by atoms with E-state index in [0.29, 0.717) is 34.3 Å². The van der Waals surface area contributed by atoms with Crippen LogP contribution in [0.3, 0.4) is 0 Å². The van der Waals surface area contributed by atoms with Crippen LogP contribution in [0.25, 0.3) is 0 Å². The zero-order valence-electron chi connectivity index (χ0n) is 33.2. The van der Waals surface area contributed by atoms with Crippen LogP contribution in [0.2, 0.25) is 5.28 Å². The minimum atomic E-state index is -5.21. The molecule has 5 aromatic rings. The van der Waals surface area contributed by atoms with Gasteiger partial charge in [-0.3, -0.25) is 17.8 Å². The number of quaternary nitrogens is 1. The lowest BCUT2D eigenvalue weighted by molar-refractivity contribution is -0.434. The Hall–Kier alpha value is -5.27. The number of rotatable bonds is 21. The summed E-state index contributed by atoms with van der Waals surface area (Å²) in [4.78, 5) is 10.0. The van der Waals surface area contributed by atoms with Crippen LogP contribution in [0, 0.1) is 0 Å². The molecule has 0 radical (unpaired) electrons. The Labute approximate surface area is 382 Å². The zero-order valence-corrected chi connectivity index (χ0v) is 38.0. The van der Waals surface area contributed by atoms with Gasteiger partial charge in [0.25, 0.3) is 20.2 Å². The van der Waals surface area contributed by atoms with Gasteiger partial charge in [-0.25, -0.2) is 18.9 Å². The van der Waals surface area contributed by atoms with Crippen LogP contribution in [0.1, 0.15) is 0 Å². The van der Waals surface area contributed by atoms with Crippen molar-refractivity contribution in [1.82, 2.24) is 19.4 Å². The standard InChI is InChI=1S/C32H33ClN12O15S5/c1-45(2,3)19-7-4-17(5-8-19)36-31-38-30(33)39-32(40-31)37-18-6-11-24(61-59-57-46)22(14-18)42-44-29-27(34)23(16-26(28(29)35)65(53,54)55)43-41-21-10-9-20(15-25(21)64(50,51)52)63(48,49)13-12-56-62-60-58-47/h4-11,14-16H,12-13,34-35H2,1-3H3,(H5-,36,37,38,39,40,46,47,50,51,52,53,54,55)/p+1. The number of nitrogens with zero attached hydrogens (tertiary/aromatic N) is 8. The molecule has 0 saturated carbocycles. The first-order valence-electron chi connectivity index (χ1n) is 17.3. The molecule has 65 heavy (non-hydrogen) atoms. The molecule has 0 saturated heterocycles. The Morgan fingerprint density at radius 3 is 1.92 bits per heavy atom. The Morgan fingerprint density at radius 1 is 0.708 bits per heavy atom. The number of nitrogens with two attached hydrogens (primary N) is 2. The third-order valence-corrected chi connectivity index (χ3v) is 12.8. The number of nitrogen functional groups attached to an aromatic ring is 2. The monoisotopic (exact) mass is 1020 g/mol. The van der Waals surface area contributed by atoms with E-state index >= 15 is 0 Å². The van der Waals surface area contributed by atoms with E-state index in [2.05, 4.69) is 64.8 Å². The molecule has 0 aliphatic carbocycles. The van der Waals surface area contributed by atoms with Gasteiger partial charge in [0.2, 0.25) is 17.2 Å². The van der Waals surface area contributed by atoms with E-state index in [1.54, 1.807) is 0 Å². The van der Waals surface area contributed by atoms with Crippen LogP contribution in [0.5, 0.6) is 0 Å². The van der Waals surface area contributed by atoms with Gasteiger partial charge in [0.1, 0.15) is 38.2 Å². The van der Waals surface area contributed by atoms with E-state index in [1.807, 2.05) is 45.4 Å². The van der Waals surface area contributed by atoms with Gasteiger partial charge in [-0.1, -0.05) is 10.1 Å². The van der Waals surface area contributed by atoms with Crippen LogP contribution in [0.15, 0.2) is 107 Å². The summed E-state index contributed by atoms with van der Waals surface area (Å²) in [6.45, 7) is -0.527. The zero-order chi connectivity index (χ0) is 47.7. The second-order valence-electron chi connectivity index (χ2n) is 13.4. The van der Waals surface area contributed by atoms with Gasteiger partial charge in [-0.2, -0.15) is 31.8 Å². The fourth-order valence-corrected chi connectivity index (χ4v) is 8.45. The Bertz CT molecular complexity index is 2950. The van der Waals surface area contributed by atoms with E-state index in [1.165, 1.54) is 18.2 Å². The van der Waals surface area contributed by atoms with Gasteiger partial charge in [0.05, 0.1) is 66.7 Å². The van der Waals surface area contributed by atoms with Crippen LogP contribution < -0.4 is 26.6 Å². The van der Waals surface area contributed by atoms with E-state index < -0.39 is 85.6 Å². The lowest BCUT2D eigenvalue weighted by Crippen LogP contribution is -2.34. The first-order chi connectivity index (χ1) is 30.5. The van der Waals surface area contributed by atoms with E-state index in [-0.39, 0.29) is 45.8 Å². The summed E-state index contributed by atoms with van der Waals surface area (Å²) < 4.78 is 109. The largest absolute Gasteiger partial charge is 0.396 e. The number of sulfone groups is 1. The molecule has 27 nitrogen and oxygen atoms in total. The second kappa shape index (κ2) is 21.4. The Balaban J connectivity index is 1.49. The van der Waals surface area contributed by atoms with Crippen molar-refractivity contribution < 1.29 is 67.8 Å². The summed E-state index contributed by atoms with van der Waals surface area (Å²) in [5.74, 6) is -0.679. The summed E-state index contributed by atoms with van der Waals surface area (Å²) in [6, 6.07) is 14.8. The van der Waals surface area contributed by atoms with Gasteiger partial charge in [-0.15, -0.1) is 29.1 Å². The van der Waals surface area contributed by atoms with Gasteiger partial charge < -0.3 is 22.1 Å². The predicted octanol–water partition coefficient (Wildman–Crippen LogP) is 6.90. The van der Waals surface area contributed by atoms with Crippen molar-refractivity contribution in [3.63, 3.8) is 0 Å². The molecule has 0 aliphatic rings. The number of nitrogens with one attached hydrogen (secondary N) is 2. The first-order valence-corrected chi connectivity index (χ1v) is 23.6. The molecule has 1 heterocycles. The van der Waals surface area contributed by atoms with Crippen molar-refractivity contribution in [1.29, 1.82) is 0 Å². The molecule has 0 amide bonds. The molecule has 0 aliphatic heterocycles. The summed E-state index contributed by atoms with van der Waals surface area (Å²) in [5.41, 5.74) is 11.1. The van der Waals surface area contributed by atoms with Crippen molar-refractivity contribution in [3.05, 3.63) is 72.0 Å². The molecule has 33 heteroatoms. The summed E-state index contributed by atoms with van der Waals surface area (Å²) in [6.07, 6.45) is 0. The summed E-state index contributed by atoms with van der Waals surface area (Å²) in [7, 11) is -8.59. The van der Waals surface area contributed by atoms with Crippen molar-refractivity contribution in [2.24, 2.45) is 20.5 Å². The molecule has 0 atom stereocenters. The molecule has 0 bridgehead atoms. The van der Waals surface area contributed by atoms with E-state index in [9.17, 15) is 34.4 Å². The number of benzene rings is 4. The van der Waals surface area contributed by atoms with Crippen molar-refractivity contribution in [2.45, 2.75) is 19.6 Å². The SMILES string of the molecule is C[N+](C)(C)c1ccc(Nc2nc(Cl)nc(Nc3ccc(SOOO)c(N=Nc4c(N)c(N=Nc5ccc(S(=O)(=O)CCOSOOO)cc5S(=O)(=O)O)cc(S(=O)(=O)O)c4N)c3)n2)cc1. The molecule has 0 spiro atoms. The maximum atomic E-state index is 12.8. The van der Waals surface area contributed by atoms with Gasteiger partial charge in [-0.05, 0) is 66.2 Å². The number of halogens is 1. The molecule has 1 aromatic heterocycles. The highest BCUT2D eigenvalue weighted by Crippen LogP contribution is 2.44. The van der Waals surface area contributed by atoms with Gasteiger partial charge in [0, 0.05) is 23.5 Å². The lowest BCUT2D eigenvalue weighted by Gasteiger charge is -2.23. The molecule has 10 N–H and O–H groups in total. The Morgan fingerprint density at radius 2 is 1.31 bits per heavy atom. The highest BCUT2D eigenvalue weighted by Gasteiger charge is 2.25. The third-order valence-electron chi connectivity index (χ3n) is 8.11. The van der Waals surface area contributed by atoms with Crippen LogP contribution in [-0.4, -0.2) is 93.3 Å². The number of hydrogen-bond acceptors (Lipinski definition) is 26. The van der Waals surface area contributed by atoms with Crippen LogP contribution in [-0.2, 0) is 53.0 Å². The molecule has 0 fully saturated rings. The molecular formula is C32H34ClN12O15S5+. The minimum absolute atomic E-state index is 0.0305. The summed E-state index contributed by atoms with van der Waals surface area (Å²) in [5, 5.41) is 45.4. The van der Waals surface area contributed by atoms with Gasteiger partial charge in [0.15, 0.2) is 22.2 Å².